The van der Waals surface area contributed by atoms with E-state index in [-0.39, 0.29) is 6.04 Å². The van der Waals surface area contributed by atoms with Crippen LogP contribution in [0.5, 0.6) is 5.75 Å². The second-order valence-electron chi connectivity index (χ2n) is 5.55. The average molecular weight is 262 g/mol. The molecule has 1 fully saturated rings. The molecule has 0 aliphatic carbocycles. The predicted molar refractivity (Wildman–Crippen MR) is 75.7 cm³/mol. The summed E-state index contributed by atoms with van der Waals surface area (Å²) in [7, 11) is 0. The highest BCUT2D eigenvalue weighted by Crippen LogP contribution is 2.45. The van der Waals surface area contributed by atoms with Crippen LogP contribution in [-0.4, -0.2) is 10.8 Å². The summed E-state index contributed by atoms with van der Waals surface area (Å²) >= 11 is 5.27. The number of nitrogens with one attached hydrogen (secondary N) is 2. The number of thiocarbonyl (C=S) groups is 1. The first kappa shape index (κ1) is 11.8. The van der Waals surface area contributed by atoms with Gasteiger partial charge in [0.2, 0.25) is 0 Å². The van der Waals surface area contributed by atoms with Crippen LogP contribution in [0.15, 0.2) is 12.1 Å². The fraction of sp³-hybridized carbons (Fsp3) is 0.500. The van der Waals surface area contributed by atoms with Gasteiger partial charge in [0.1, 0.15) is 5.75 Å². The lowest BCUT2D eigenvalue weighted by Gasteiger charge is -2.50. The Hall–Kier alpha value is -1.29. The molecular formula is C14H18N2OS. The minimum Gasteiger partial charge on any atom is -0.468 e. The van der Waals surface area contributed by atoms with E-state index in [1.807, 2.05) is 0 Å². The smallest absolute Gasteiger partial charge is 0.184 e. The van der Waals surface area contributed by atoms with Crippen molar-refractivity contribution in [2.45, 2.75) is 39.5 Å². The molecule has 96 valence electrons. The molecule has 3 rings (SSSR count). The molecule has 0 radical (unpaired) electrons. The highest BCUT2D eigenvalue weighted by atomic mass is 32.1. The number of rotatable bonds is 0. The van der Waals surface area contributed by atoms with Crippen LogP contribution in [0.4, 0.5) is 0 Å². The molecule has 0 saturated carbocycles. The van der Waals surface area contributed by atoms with Gasteiger partial charge < -0.3 is 15.4 Å². The molecule has 1 aromatic carbocycles. The number of hydrogen-bond acceptors (Lipinski definition) is 2. The normalized spacial score (nSPS) is 33.0. The van der Waals surface area contributed by atoms with Crippen molar-refractivity contribution in [1.82, 2.24) is 10.6 Å². The lowest BCUT2D eigenvalue weighted by molar-refractivity contribution is -0.0263. The number of hydrogen-bond donors (Lipinski definition) is 2. The first-order chi connectivity index (χ1) is 8.40. The predicted octanol–water partition coefficient (Wildman–Crippen LogP) is 2.57. The molecule has 2 bridgehead atoms. The molecule has 0 spiro atoms. The lowest BCUT2D eigenvalue weighted by Crippen LogP contribution is -2.67. The molecule has 2 aliphatic rings. The monoisotopic (exact) mass is 262 g/mol. The van der Waals surface area contributed by atoms with Crippen molar-refractivity contribution in [1.29, 1.82) is 0 Å². The molecule has 2 aliphatic heterocycles. The maximum Gasteiger partial charge on any atom is 0.184 e. The number of ether oxygens (including phenoxy) is 1. The maximum atomic E-state index is 6.17. The van der Waals surface area contributed by atoms with Crippen molar-refractivity contribution in [3.63, 3.8) is 0 Å². The van der Waals surface area contributed by atoms with E-state index in [0.717, 1.165) is 5.75 Å². The van der Waals surface area contributed by atoms with Gasteiger partial charge in [-0.15, -0.1) is 0 Å². The molecule has 2 N–H and O–H groups in total. The van der Waals surface area contributed by atoms with Crippen LogP contribution < -0.4 is 15.4 Å². The Morgan fingerprint density at radius 1 is 1.28 bits per heavy atom. The topological polar surface area (TPSA) is 33.3 Å². The van der Waals surface area contributed by atoms with Crippen LogP contribution >= 0.6 is 12.2 Å². The lowest BCUT2D eigenvalue weighted by atomic mass is 9.81. The van der Waals surface area contributed by atoms with Gasteiger partial charge in [-0.3, -0.25) is 0 Å². The van der Waals surface area contributed by atoms with Crippen LogP contribution in [0.1, 0.15) is 36.6 Å². The summed E-state index contributed by atoms with van der Waals surface area (Å²) in [6, 6.07) is 4.57. The third-order valence-electron chi connectivity index (χ3n) is 4.30. The first-order valence-electron chi connectivity index (χ1n) is 6.29. The summed E-state index contributed by atoms with van der Waals surface area (Å²) in [6.45, 7) is 8.49. The molecule has 0 amide bonds. The molecule has 1 saturated heterocycles. The Morgan fingerprint density at radius 3 is 2.67 bits per heavy atom. The van der Waals surface area contributed by atoms with Gasteiger partial charge >= 0.3 is 0 Å². The third kappa shape index (κ3) is 1.52. The molecule has 3 atom stereocenters. The van der Waals surface area contributed by atoms with E-state index in [2.05, 4.69) is 50.5 Å². The Morgan fingerprint density at radius 2 is 1.94 bits per heavy atom. The van der Waals surface area contributed by atoms with Crippen LogP contribution in [0.3, 0.4) is 0 Å². The SMILES string of the molecule is Cc1cc2c(cc1C)C1NC(=S)NC(C)(O2)C1C. The zero-order valence-corrected chi connectivity index (χ0v) is 11.9. The van der Waals surface area contributed by atoms with Crippen molar-refractivity contribution < 1.29 is 4.74 Å². The van der Waals surface area contributed by atoms with Crippen LogP contribution in [0.2, 0.25) is 0 Å². The molecule has 1 aromatic rings. The Balaban J connectivity index is 2.17. The quantitative estimate of drug-likeness (QED) is 0.704. The number of fused-ring (bicyclic) bond motifs is 4. The Kier molecular flexibility index (Phi) is 2.36. The Bertz CT molecular complexity index is 543. The van der Waals surface area contributed by atoms with E-state index >= 15 is 0 Å². The molecule has 3 unspecified atom stereocenters. The first-order valence-corrected chi connectivity index (χ1v) is 6.70. The van der Waals surface area contributed by atoms with E-state index < -0.39 is 5.72 Å². The maximum absolute atomic E-state index is 6.17. The van der Waals surface area contributed by atoms with Crippen molar-refractivity contribution >= 4 is 17.3 Å². The van der Waals surface area contributed by atoms with Crippen molar-refractivity contribution in [2.24, 2.45) is 5.92 Å². The summed E-state index contributed by atoms with van der Waals surface area (Å²) in [5.74, 6) is 1.28. The summed E-state index contributed by atoms with van der Waals surface area (Å²) in [5, 5.41) is 7.28. The zero-order chi connectivity index (χ0) is 13.1. The van der Waals surface area contributed by atoms with Crippen LogP contribution in [0.25, 0.3) is 0 Å². The van der Waals surface area contributed by atoms with Gasteiger partial charge in [-0.25, -0.2) is 0 Å². The third-order valence-corrected chi connectivity index (χ3v) is 4.52. The van der Waals surface area contributed by atoms with Crippen molar-refractivity contribution in [3.8, 4) is 5.75 Å². The minimum atomic E-state index is -0.415. The van der Waals surface area contributed by atoms with E-state index in [9.17, 15) is 0 Å². The van der Waals surface area contributed by atoms with E-state index in [0.29, 0.717) is 11.0 Å². The molecule has 3 nitrogen and oxygen atoms in total. The fourth-order valence-corrected chi connectivity index (χ4v) is 3.13. The van der Waals surface area contributed by atoms with E-state index in [1.54, 1.807) is 0 Å². The second-order valence-corrected chi connectivity index (χ2v) is 5.96. The average Bonchev–Trinajstić information content (AvgIpc) is 2.26. The highest BCUT2D eigenvalue weighted by molar-refractivity contribution is 7.80. The summed E-state index contributed by atoms with van der Waals surface area (Å²) in [4.78, 5) is 0. The highest BCUT2D eigenvalue weighted by Gasteiger charge is 2.48. The van der Waals surface area contributed by atoms with Gasteiger partial charge in [0.05, 0.1) is 6.04 Å². The van der Waals surface area contributed by atoms with Gasteiger partial charge in [-0.05, 0) is 50.2 Å². The molecule has 0 aromatic heterocycles. The molecule has 2 heterocycles. The van der Waals surface area contributed by atoms with E-state index in [1.165, 1.54) is 16.7 Å². The van der Waals surface area contributed by atoms with Gasteiger partial charge in [0.25, 0.3) is 0 Å². The largest absolute Gasteiger partial charge is 0.468 e. The summed E-state index contributed by atoms with van der Waals surface area (Å²) in [6.07, 6.45) is 0. The molecule has 18 heavy (non-hydrogen) atoms. The fourth-order valence-electron chi connectivity index (χ4n) is 2.80. The Labute approximate surface area is 113 Å². The van der Waals surface area contributed by atoms with Gasteiger partial charge in [-0.1, -0.05) is 13.0 Å². The van der Waals surface area contributed by atoms with E-state index in [4.69, 9.17) is 17.0 Å². The minimum absolute atomic E-state index is 0.229. The second kappa shape index (κ2) is 3.60. The molecular weight excluding hydrogens is 244 g/mol. The summed E-state index contributed by atoms with van der Waals surface area (Å²) in [5.41, 5.74) is 3.35. The molecule has 4 heteroatoms. The number of aryl methyl sites for hydroxylation is 2. The van der Waals surface area contributed by atoms with Gasteiger partial charge in [0, 0.05) is 11.5 Å². The van der Waals surface area contributed by atoms with Crippen LogP contribution in [-0.2, 0) is 0 Å². The van der Waals surface area contributed by atoms with Crippen molar-refractivity contribution in [3.05, 3.63) is 28.8 Å². The number of benzene rings is 1. The zero-order valence-electron chi connectivity index (χ0n) is 11.1. The van der Waals surface area contributed by atoms with Gasteiger partial charge in [-0.2, -0.15) is 0 Å². The standard InChI is InChI=1S/C14H18N2OS/c1-7-5-10-11(6-8(7)2)17-14(4)9(3)12(10)15-13(18)16-14/h5-6,9,12H,1-4H3,(H2,15,16,18). The van der Waals surface area contributed by atoms with Crippen molar-refractivity contribution in [2.75, 3.05) is 0 Å². The van der Waals surface area contributed by atoms with Gasteiger partial charge in [0.15, 0.2) is 10.8 Å². The van der Waals surface area contributed by atoms with Crippen LogP contribution in [0, 0.1) is 19.8 Å². The summed E-state index contributed by atoms with van der Waals surface area (Å²) < 4.78 is 6.17.